The predicted molar refractivity (Wildman–Crippen MR) is 98.5 cm³/mol. The van der Waals surface area contributed by atoms with Crippen LogP contribution < -0.4 is 5.32 Å². The second-order valence-electron chi connectivity index (χ2n) is 5.46. The third-order valence-electron chi connectivity index (χ3n) is 3.82. The van der Waals surface area contributed by atoms with Crippen molar-refractivity contribution in [1.29, 1.82) is 0 Å². The molecule has 0 atom stereocenters. The molecule has 0 radical (unpaired) electrons. The largest absolute Gasteiger partial charge is 0.467 e. The summed E-state index contributed by atoms with van der Waals surface area (Å²) in [6, 6.07) is 10.6. The lowest BCUT2D eigenvalue weighted by molar-refractivity contribution is 0.0664. The fourth-order valence-corrected chi connectivity index (χ4v) is 4.32. The lowest BCUT2D eigenvalue weighted by atomic mass is 10.1. The molecule has 2 amide bonds. The van der Waals surface area contributed by atoms with E-state index in [4.69, 9.17) is 4.42 Å². The summed E-state index contributed by atoms with van der Waals surface area (Å²) in [5.74, 6) is 0.923. The molecule has 1 aliphatic rings. The summed E-state index contributed by atoms with van der Waals surface area (Å²) in [5, 5.41) is 12.0. The van der Waals surface area contributed by atoms with Crippen molar-refractivity contribution in [3.63, 3.8) is 0 Å². The van der Waals surface area contributed by atoms with Crippen molar-refractivity contribution in [2.75, 3.05) is 17.6 Å². The van der Waals surface area contributed by atoms with Gasteiger partial charge in [-0.3, -0.25) is 14.5 Å². The van der Waals surface area contributed by atoms with Crippen LogP contribution in [0.4, 0.5) is 5.13 Å². The molecule has 0 aliphatic carbocycles. The Hall–Kier alpha value is -2.65. The highest BCUT2D eigenvalue weighted by Crippen LogP contribution is 2.27. The molecule has 0 unspecified atom stereocenters. The normalized spacial score (nSPS) is 13.3. The first-order chi connectivity index (χ1) is 12.7. The zero-order chi connectivity index (χ0) is 17.9. The number of hydrogen-bond donors (Lipinski definition) is 1. The van der Waals surface area contributed by atoms with E-state index in [1.807, 2.05) is 12.1 Å². The standard InChI is InChI=1S/C17H14N4O3S2/c22-14-12-5-1-2-6-13(12)15(23)21(14)7-9-25-17-20-19-16(26-17)18-10-11-4-3-8-24-11/h1-6,8H,7,9-10H2,(H,18,19). The van der Waals surface area contributed by atoms with E-state index in [9.17, 15) is 9.59 Å². The van der Waals surface area contributed by atoms with Crippen molar-refractivity contribution in [3.8, 4) is 0 Å². The van der Waals surface area contributed by atoms with Gasteiger partial charge in [0.2, 0.25) is 5.13 Å². The van der Waals surface area contributed by atoms with Crippen LogP contribution in [-0.4, -0.2) is 39.2 Å². The second kappa shape index (κ2) is 7.30. The van der Waals surface area contributed by atoms with Crippen molar-refractivity contribution in [2.24, 2.45) is 0 Å². The van der Waals surface area contributed by atoms with Gasteiger partial charge in [0.25, 0.3) is 11.8 Å². The molecule has 2 aromatic heterocycles. The summed E-state index contributed by atoms with van der Waals surface area (Å²) in [4.78, 5) is 25.9. The number of benzene rings is 1. The molecule has 3 aromatic rings. The van der Waals surface area contributed by atoms with E-state index in [1.54, 1.807) is 30.5 Å². The van der Waals surface area contributed by atoms with Crippen LogP contribution in [0.2, 0.25) is 0 Å². The molecule has 0 saturated heterocycles. The number of carbonyl (C=O) groups excluding carboxylic acids is 2. The van der Waals surface area contributed by atoms with Crippen LogP contribution in [0.25, 0.3) is 0 Å². The Morgan fingerprint density at radius 1 is 1.08 bits per heavy atom. The number of amides is 2. The number of carbonyl (C=O) groups is 2. The van der Waals surface area contributed by atoms with E-state index in [-0.39, 0.29) is 11.8 Å². The Labute approximate surface area is 157 Å². The number of thioether (sulfide) groups is 1. The molecule has 1 N–H and O–H groups in total. The molecule has 0 spiro atoms. The zero-order valence-electron chi connectivity index (χ0n) is 13.5. The van der Waals surface area contributed by atoms with Gasteiger partial charge in [-0.25, -0.2) is 0 Å². The third-order valence-corrected chi connectivity index (χ3v) is 5.81. The molecule has 9 heteroatoms. The predicted octanol–water partition coefficient (Wildman–Crippen LogP) is 3.13. The SMILES string of the molecule is O=C1c2ccccc2C(=O)N1CCSc1nnc(NCc2ccco2)s1. The maximum absolute atomic E-state index is 12.3. The molecule has 0 bridgehead atoms. The van der Waals surface area contributed by atoms with Crippen LogP contribution in [0.15, 0.2) is 51.4 Å². The Kier molecular flexibility index (Phi) is 4.72. The van der Waals surface area contributed by atoms with Crippen molar-refractivity contribution in [1.82, 2.24) is 15.1 Å². The van der Waals surface area contributed by atoms with Gasteiger partial charge in [-0.05, 0) is 24.3 Å². The number of nitrogens with zero attached hydrogens (tertiary/aromatic N) is 3. The summed E-state index contributed by atoms with van der Waals surface area (Å²) >= 11 is 2.90. The summed E-state index contributed by atoms with van der Waals surface area (Å²) < 4.78 is 6.03. The summed E-state index contributed by atoms with van der Waals surface area (Å²) in [6.07, 6.45) is 1.62. The highest BCUT2D eigenvalue weighted by atomic mass is 32.2. The summed E-state index contributed by atoms with van der Waals surface area (Å²) in [7, 11) is 0. The molecule has 0 saturated carbocycles. The Balaban J connectivity index is 1.29. The molecular weight excluding hydrogens is 372 g/mol. The van der Waals surface area contributed by atoms with Crippen LogP contribution >= 0.6 is 23.1 Å². The Morgan fingerprint density at radius 2 is 1.85 bits per heavy atom. The maximum atomic E-state index is 12.3. The van der Waals surface area contributed by atoms with E-state index in [2.05, 4.69) is 15.5 Å². The van der Waals surface area contributed by atoms with Gasteiger partial charge in [0, 0.05) is 12.3 Å². The van der Waals surface area contributed by atoms with Gasteiger partial charge in [-0.2, -0.15) is 0 Å². The molecule has 132 valence electrons. The number of aromatic nitrogens is 2. The van der Waals surface area contributed by atoms with Crippen molar-refractivity contribution >= 4 is 40.0 Å². The van der Waals surface area contributed by atoms with E-state index in [0.717, 1.165) is 10.1 Å². The van der Waals surface area contributed by atoms with Crippen LogP contribution in [0.5, 0.6) is 0 Å². The van der Waals surface area contributed by atoms with Gasteiger partial charge in [-0.15, -0.1) is 10.2 Å². The average Bonchev–Trinajstić information content (AvgIpc) is 3.38. The maximum Gasteiger partial charge on any atom is 0.261 e. The molecule has 3 heterocycles. The number of imide groups is 1. The summed E-state index contributed by atoms with van der Waals surface area (Å²) in [6.45, 7) is 0.882. The van der Waals surface area contributed by atoms with E-state index in [1.165, 1.54) is 28.0 Å². The second-order valence-corrected chi connectivity index (χ2v) is 7.78. The lowest BCUT2D eigenvalue weighted by Gasteiger charge is -2.12. The van der Waals surface area contributed by atoms with Gasteiger partial charge >= 0.3 is 0 Å². The number of nitrogens with one attached hydrogen (secondary N) is 1. The Morgan fingerprint density at radius 3 is 2.54 bits per heavy atom. The Bertz CT molecular complexity index is 904. The number of rotatable bonds is 7. The minimum absolute atomic E-state index is 0.232. The van der Waals surface area contributed by atoms with Crippen LogP contribution in [0.1, 0.15) is 26.5 Å². The molecular formula is C17H14N4O3S2. The quantitative estimate of drug-likeness (QED) is 0.493. The van der Waals surface area contributed by atoms with Crippen molar-refractivity contribution in [2.45, 2.75) is 10.9 Å². The monoisotopic (exact) mass is 386 g/mol. The molecule has 4 rings (SSSR count). The van der Waals surface area contributed by atoms with E-state index < -0.39 is 0 Å². The highest BCUT2D eigenvalue weighted by molar-refractivity contribution is 8.01. The topological polar surface area (TPSA) is 88.3 Å². The van der Waals surface area contributed by atoms with Crippen LogP contribution in [0.3, 0.4) is 0 Å². The average molecular weight is 386 g/mol. The molecule has 1 aromatic carbocycles. The van der Waals surface area contributed by atoms with Crippen molar-refractivity contribution < 1.29 is 14.0 Å². The number of fused-ring (bicyclic) bond motifs is 1. The first-order valence-corrected chi connectivity index (χ1v) is 9.70. The third kappa shape index (κ3) is 3.35. The van der Waals surface area contributed by atoms with Crippen LogP contribution in [-0.2, 0) is 6.54 Å². The van der Waals surface area contributed by atoms with Gasteiger partial charge in [0.05, 0.1) is 23.9 Å². The van der Waals surface area contributed by atoms with Crippen molar-refractivity contribution in [3.05, 3.63) is 59.5 Å². The minimum Gasteiger partial charge on any atom is -0.467 e. The molecule has 26 heavy (non-hydrogen) atoms. The molecule has 7 nitrogen and oxygen atoms in total. The molecule has 1 aliphatic heterocycles. The molecule has 0 fully saturated rings. The first-order valence-electron chi connectivity index (χ1n) is 7.90. The highest BCUT2D eigenvalue weighted by Gasteiger charge is 2.34. The lowest BCUT2D eigenvalue weighted by Crippen LogP contribution is -2.31. The summed E-state index contributed by atoms with van der Waals surface area (Å²) in [5.41, 5.74) is 0.950. The number of furan rings is 1. The van der Waals surface area contributed by atoms with E-state index >= 15 is 0 Å². The van der Waals surface area contributed by atoms with Gasteiger partial charge in [-0.1, -0.05) is 35.2 Å². The van der Waals surface area contributed by atoms with Gasteiger partial charge in [0.1, 0.15) is 5.76 Å². The minimum atomic E-state index is -0.232. The first kappa shape index (κ1) is 16.8. The number of anilines is 1. The van der Waals surface area contributed by atoms with Gasteiger partial charge < -0.3 is 9.73 Å². The van der Waals surface area contributed by atoms with E-state index in [0.29, 0.717) is 35.1 Å². The smallest absolute Gasteiger partial charge is 0.261 e. The van der Waals surface area contributed by atoms with Crippen LogP contribution in [0, 0.1) is 0 Å². The zero-order valence-corrected chi connectivity index (χ0v) is 15.2. The fourth-order valence-electron chi connectivity index (χ4n) is 2.58. The fraction of sp³-hybridized carbons (Fsp3) is 0.176. The number of hydrogen-bond acceptors (Lipinski definition) is 8. The van der Waals surface area contributed by atoms with Gasteiger partial charge in [0.15, 0.2) is 4.34 Å².